The van der Waals surface area contributed by atoms with Crippen molar-refractivity contribution >= 4 is 17.6 Å². The van der Waals surface area contributed by atoms with E-state index in [-0.39, 0.29) is 6.04 Å². The fraction of sp³-hybridized carbons (Fsp3) is 0.667. The van der Waals surface area contributed by atoms with Gasteiger partial charge >= 0.3 is 0 Å². The summed E-state index contributed by atoms with van der Waals surface area (Å²) in [6, 6.07) is 8.25. The van der Waals surface area contributed by atoms with Crippen LogP contribution in [-0.4, -0.2) is 96.1 Å². The number of nitrogens with one attached hydrogen (secondary N) is 2. The van der Waals surface area contributed by atoms with Crippen LogP contribution in [0.4, 0.5) is 0 Å². The zero-order valence-electron chi connectivity index (χ0n) is 18.0. The summed E-state index contributed by atoms with van der Waals surface area (Å²) in [6.07, 6.45) is 1.04. The van der Waals surface area contributed by atoms with Crippen LogP contribution in [0.3, 0.4) is 0 Å². The third kappa shape index (κ3) is 8.48. The zero-order chi connectivity index (χ0) is 20.9. The summed E-state index contributed by atoms with van der Waals surface area (Å²) >= 11 is 6.51. The maximum Gasteiger partial charge on any atom is 0.191 e. The highest BCUT2D eigenvalue weighted by Gasteiger charge is 2.24. The Labute approximate surface area is 180 Å². The Kier molecular flexibility index (Phi) is 11.3. The molecule has 29 heavy (non-hydrogen) atoms. The van der Waals surface area contributed by atoms with E-state index < -0.39 is 0 Å². The van der Waals surface area contributed by atoms with Crippen molar-refractivity contribution in [2.45, 2.75) is 12.5 Å². The van der Waals surface area contributed by atoms with Crippen LogP contribution >= 0.6 is 11.6 Å². The van der Waals surface area contributed by atoms with E-state index in [0.29, 0.717) is 0 Å². The van der Waals surface area contributed by atoms with Gasteiger partial charge in [-0.1, -0.05) is 29.8 Å². The Hall–Kier alpha value is -1.38. The lowest BCUT2D eigenvalue weighted by atomic mass is 10.0. The number of halogens is 1. The van der Waals surface area contributed by atoms with Gasteiger partial charge in [-0.05, 0) is 25.1 Å². The number of hydrogen-bond acceptors (Lipinski definition) is 5. The summed E-state index contributed by atoms with van der Waals surface area (Å²) in [5.74, 6) is 0.806. The number of benzene rings is 1. The lowest BCUT2D eigenvalue weighted by molar-refractivity contribution is 0.0170. The summed E-state index contributed by atoms with van der Waals surface area (Å²) < 4.78 is 10.6. The van der Waals surface area contributed by atoms with E-state index in [2.05, 4.69) is 38.5 Å². The van der Waals surface area contributed by atoms with Gasteiger partial charge in [-0.15, -0.1) is 0 Å². The average Bonchev–Trinajstić information content (AvgIpc) is 2.74. The molecule has 1 fully saturated rings. The van der Waals surface area contributed by atoms with Gasteiger partial charge in [-0.2, -0.15) is 0 Å². The second-order valence-electron chi connectivity index (χ2n) is 7.22. The van der Waals surface area contributed by atoms with Gasteiger partial charge in [0, 0.05) is 65.1 Å². The molecule has 1 aliphatic rings. The van der Waals surface area contributed by atoms with Crippen LogP contribution in [0, 0.1) is 0 Å². The molecule has 1 aromatic rings. The molecule has 2 N–H and O–H groups in total. The zero-order valence-corrected chi connectivity index (χ0v) is 18.7. The van der Waals surface area contributed by atoms with Crippen LogP contribution in [0.1, 0.15) is 18.0 Å². The van der Waals surface area contributed by atoms with E-state index in [4.69, 9.17) is 21.1 Å². The first kappa shape index (κ1) is 23.9. The lowest BCUT2D eigenvalue weighted by Gasteiger charge is -2.35. The van der Waals surface area contributed by atoms with Crippen LogP contribution in [0.15, 0.2) is 29.3 Å². The van der Waals surface area contributed by atoms with Gasteiger partial charge < -0.3 is 25.0 Å². The molecule has 0 aromatic heterocycles. The SMILES string of the molecule is CN=C(NCCN(C)CCCOC)NCC(c1ccccc1Cl)N1CCOCC1. The highest BCUT2D eigenvalue weighted by atomic mass is 35.5. The van der Waals surface area contributed by atoms with E-state index in [1.807, 2.05) is 18.2 Å². The second-order valence-corrected chi connectivity index (χ2v) is 7.62. The molecule has 1 aliphatic heterocycles. The first-order valence-corrected chi connectivity index (χ1v) is 10.7. The van der Waals surface area contributed by atoms with Crippen molar-refractivity contribution in [2.75, 3.05) is 80.3 Å². The van der Waals surface area contributed by atoms with Crippen molar-refractivity contribution in [3.63, 3.8) is 0 Å². The molecule has 0 amide bonds. The quantitative estimate of drug-likeness (QED) is 0.320. The summed E-state index contributed by atoms with van der Waals surface area (Å²) in [7, 11) is 5.67. The van der Waals surface area contributed by atoms with Gasteiger partial charge in [0.2, 0.25) is 0 Å². The molecule has 1 unspecified atom stereocenters. The van der Waals surface area contributed by atoms with E-state index >= 15 is 0 Å². The average molecular weight is 426 g/mol. The monoisotopic (exact) mass is 425 g/mol. The molecule has 1 heterocycles. The Bertz CT molecular complexity index is 610. The van der Waals surface area contributed by atoms with Crippen molar-refractivity contribution < 1.29 is 9.47 Å². The molecule has 0 bridgehead atoms. The fourth-order valence-corrected chi connectivity index (χ4v) is 3.70. The molecule has 1 saturated heterocycles. The Morgan fingerprint density at radius 2 is 2.03 bits per heavy atom. The molecule has 8 heteroatoms. The molecule has 0 radical (unpaired) electrons. The van der Waals surface area contributed by atoms with Crippen LogP contribution < -0.4 is 10.6 Å². The minimum atomic E-state index is 0.169. The second kappa shape index (κ2) is 13.8. The van der Waals surface area contributed by atoms with E-state index in [9.17, 15) is 0 Å². The topological polar surface area (TPSA) is 61.4 Å². The highest BCUT2D eigenvalue weighted by molar-refractivity contribution is 6.31. The number of guanidine groups is 1. The van der Waals surface area contributed by atoms with Gasteiger partial charge in [0.25, 0.3) is 0 Å². The van der Waals surface area contributed by atoms with Crippen molar-refractivity contribution in [3.05, 3.63) is 34.9 Å². The van der Waals surface area contributed by atoms with Crippen LogP contribution in [-0.2, 0) is 9.47 Å². The molecule has 0 saturated carbocycles. The Balaban J connectivity index is 1.87. The number of methoxy groups -OCH3 is 1. The lowest BCUT2D eigenvalue weighted by Crippen LogP contribution is -2.47. The minimum absolute atomic E-state index is 0.169. The fourth-order valence-electron chi connectivity index (χ4n) is 3.44. The Morgan fingerprint density at radius 1 is 1.28 bits per heavy atom. The molecule has 1 aromatic carbocycles. The Morgan fingerprint density at radius 3 is 2.72 bits per heavy atom. The predicted octanol–water partition coefficient (Wildman–Crippen LogP) is 1.85. The van der Waals surface area contributed by atoms with Gasteiger partial charge in [0.05, 0.1) is 19.3 Å². The summed E-state index contributed by atoms with van der Waals surface area (Å²) in [6.45, 7) is 7.63. The minimum Gasteiger partial charge on any atom is -0.385 e. The van der Waals surface area contributed by atoms with Gasteiger partial charge in [0.1, 0.15) is 0 Å². The predicted molar refractivity (Wildman–Crippen MR) is 120 cm³/mol. The number of nitrogens with zero attached hydrogens (tertiary/aromatic N) is 3. The normalized spacial score (nSPS) is 16.8. The molecule has 164 valence electrons. The number of likely N-dealkylation sites (N-methyl/N-ethyl adjacent to an activating group) is 1. The third-order valence-electron chi connectivity index (χ3n) is 5.11. The van der Waals surface area contributed by atoms with Gasteiger partial charge in [-0.25, -0.2) is 0 Å². The molecule has 0 aliphatic carbocycles. The van der Waals surface area contributed by atoms with Crippen molar-refractivity contribution in [1.82, 2.24) is 20.4 Å². The highest BCUT2D eigenvalue weighted by Crippen LogP contribution is 2.27. The molecule has 7 nitrogen and oxygen atoms in total. The standard InChI is InChI=1S/C21H36ClN5O2/c1-23-21(24-9-11-26(2)10-6-14-28-3)25-17-20(27-12-15-29-16-13-27)18-7-4-5-8-19(18)22/h4-5,7-8,20H,6,9-17H2,1-3H3,(H2,23,24,25). The smallest absolute Gasteiger partial charge is 0.191 e. The maximum atomic E-state index is 6.51. The van der Waals surface area contributed by atoms with Crippen molar-refractivity contribution in [3.8, 4) is 0 Å². The van der Waals surface area contributed by atoms with Gasteiger partial charge in [0.15, 0.2) is 5.96 Å². The van der Waals surface area contributed by atoms with E-state index in [1.165, 1.54) is 0 Å². The third-order valence-corrected chi connectivity index (χ3v) is 5.46. The van der Waals surface area contributed by atoms with Crippen LogP contribution in [0.2, 0.25) is 5.02 Å². The number of ether oxygens (including phenoxy) is 2. The van der Waals surface area contributed by atoms with Crippen molar-refractivity contribution in [1.29, 1.82) is 0 Å². The van der Waals surface area contributed by atoms with E-state index in [1.54, 1.807) is 14.2 Å². The first-order chi connectivity index (χ1) is 14.2. The molecule has 2 rings (SSSR count). The summed E-state index contributed by atoms with van der Waals surface area (Å²) in [5.41, 5.74) is 1.14. The maximum absolute atomic E-state index is 6.51. The number of rotatable bonds is 11. The first-order valence-electron chi connectivity index (χ1n) is 10.3. The number of aliphatic imine (C=N–C) groups is 1. The largest absolute Gasteiger partial charge is 0.385 e. The van der Waals surface area contributed by atoms with E-state index in [0.717, 1.165) is 82.1 Å². The van der Waals surface area contributed by atoms with Crippen molar-refractivity contribution in [2.24, 2.45) is 4.99 Å². The van der Waals surface area contributed by atoms with Crippen LogP contribution in [0.5, 0.6) is 0 Å². The van der Waals surface area contributed by atoms with Crippen LogP contribution in [0.25, 0.3) is 0 Å². The molecule has 0 spiro atoms. The summed E-state index contributed by atoms with van der Waals surface area (Å²) in [4.78, 5) is 9.09. The summed E-state index contributed by atoms with van der Waals surface area (Å²) in [5, 5.41) is 7.68. The molecular formula is C21H36ClN5O2. The molecule has 1 atom stereocenters. The number of hydrogen-bond donors (Lipinski definition) is 2. The number of morpholine rings is 1. The molecular weight excluding hydrogens is 390 g/mol. The van der Waals surface area contributed by atoms with Gasteiger partial charge in [-0.3, -0.25) is 9.89 Å².